The Morgan fingerprint density at radius 1 is 0.941 bits per heavy atom. The van der Waals surface area contributed by atoms with Crippen molar-refractivity contribution in [2.24, 2.45) is 0 Å². The summed E-state index contributed by atoms with van der Waals surface area (Å²) in [5, 5.41) is 3.07. The van der Waals surface area contributed by atoms with Gasteiger partial charge in [-0.15, -0.1) is 0 Å². The molecule has 0 aliphatic heterocycles. The lowest BCUT2D eigenvalue weighted by Crippen LogP contribution is -2.29. The van der Waals surface area contributed by atoms with E-state index in [0.29, 0.717) is 24.5 Å². The molecule has 176 valence electrons. The molecule has 1 atom stereocenters. The van der Waals surface area contributed by atoms with Gasteiger partial charge < -0.3 is 24.1 Å². The topological polar surface area (TPSA) is 74.6 Å². The highest BCUT2D eigenvalue weighted by atomic mass is 16.5. The molecule has 1 amide bonds. The van der Waals surface area contributed by atoms with Crippen molar-refractivity contribution < 1.29 is 19.0 Å². The van der Waals surface area contributed by atoms with E-state index in [0.717, 1.165) is 34.8 Å². The molecule has 34 heavy (non-hydrogen) atoms. The number of carbonyl (C=O) groups is 1. The van der Waals surface area contributed by atoms with Crippen molar-refractivity contribution in [2.75, 3.05) is 20.8 Å². The van der Waals surface area contributed by atoms with Crippen molar-refractivity contribution >= 4 is 16.9 Å². The second-order valence-electron chi connectivity index (χ2n) is 7.92. The first kappa shape index (κ1) is 23.2. The molecule has 0 aliphatic carbocycles. The van der Waals surface area contributed by atoms with E-state index in [1.54, 1.807) is 32.4 Å². The summed E-state index contributed by atoms with van der Waals surface area (Å²) in [6.07, 6.45) is 0.779. The number of aromatic nitrogens is 2. The summed E-state index contributed by atoms with van der Waals surface area (Å²) in [7, 11) is 3.22. The number of rotatable bonds is 10. The Balaban J connectivity index is 1.47. The zero-order valence-corrected chi connectivity index (χ0v) is 19.7. The van der Waals surface area contributed by atoms with Crippen LogP contribution < -0.4 is 19.5 Å². The van der Waals surface area contributed by atoms with Gasteiger partial charge in [-0.2, -0.15) is 0 Å². The Morgan fingerprint density at radius 3 is 2.44 bits per heavy atom. The number of benzene rings is 3. The molecule has 0 saturated heterocycles. The largest absolute Gasteiger partial charge is 0.497 e. The Bertz CT molecular complexity index is 1270. The highest BCUT2D eigenvalue weighted by molar-refractivity contribution is 5.94. The van der Waals surface area contributed by atoms with Crippen LogP contribution in [0.25, 0.3) is 11.0 Å². The fraction of sp³-hybridized carbons (Fsp3) is 0.259. The molecule has 0 bridgehead atoms. The summed E-state index contributed by atoms with van der Waals surface area (Å²) in [5.41, 5.74) is 2.47. The number of aryl methyl sites for hydroxylation is 1. The standard InChI is InChI=1S/C27H29N3O4/c1-19(28-27(31)20-9-6-10-21(17-20)32-2)26-29-24-13-4-5-14-25(24)30(26)15-8-16-34-23-12-7-11-22(18-23)33-3/h4-7,9-14,17-19H,8,15-16H2,1-3H3,(H,28,31). The zero-order chi connectivity index (χ0) is 23.9. The summed E-state index contributed by atoms with van der Waals surface area (Å²) in [6.45, 7) is 3.20. The van der Waals surface area contributed by atoms with Crippen molar-refractivity contribution in [1.29, 1.82) is 0 Å². The smallest absolute Gasteiger partial charge is 0.251 e. The maximum Gasteiger partial charge on any atom is 0.251 e. The summed E-state index contributed by atoms with van der Waals surface area (Å²) >= 11 is 0. The average Bonchev–Trinajstić information content (AvgIpc) is 3.25. The van der Waals surface area contributed by atoms with Gasteiger partial charge in [-0.1, -0.05) is 24.3 Å². The number of para-hydroxylation sites is 2. The fourth-order valence-electron chi connectivity index (χ4n) is 3.87. The van der Waals surface area contributed by atoms with E-state index in [1.807, 2.05) is 61.5 Å². The molecule has 1 N–H and O–H groups in total. The van der Waals surface area contributed by atoms with Gasteiger partial charge in [-0.25, -0.2) is 4.98 Å². The first-order valence-electron chi connectivity index (χ1n) is 11.3. The molecule has 1 unspecified atom stereocenters. The van der Waals surface area contributed by atoms with Gasteiger partial charge in [0, 0.05) is 18.2 Å². The molecule has 1 heterocycles. The Labute approximate surface area is 199 Å². The monoisotopic (exact) mass is 459 g/mol. The van der Waals surface area contributed by atoms with Gasteiger partial charge in [0.1, 0.15) is 23.1 Å². The van der Waals surface area contributed by atoms with Gasteiger partial charge in [0.2, 0.25) is 0 Å². The molecule has 4 aromatic rings. The minimum atomic E-state index is -0.287. The Hall–Kier alpha value is -4.00. The van der Waals surface area contributed by atoms with Gasteiger partial charge in [0.25, 0.3) is 5.91 Å². The molecule has 3 aromatic carbocycles. The zero-order valence-electron chi connectivity index (χ0n) is 19.7. The van der Waals surface area contributed by atoms with Crippen LogP contribution in [0, 0.1) is 0 Å². The van der Waals surface area contributed by atoms with Crippen molar-refractivity contribution in [3.63, 3.8) is 0 Å². The van der Waals surface area contributed by atoms with Gasteiger partial charge in [0.05, 0.1) is 37.9 Å². The summed E-state index contributed by atoms with van der Waals surface area (Å²) in [4.78, 5) is 17.7. The number of ether oxygens (including phenoxy) is 3. The van der Waals surface area contributed by atoms with Gasteiger partial charge >= 0.3 is 0 Å². The second kappa shape index (κ2) is 10.7. The van der Waals surface area contributed by atoms with E-state index in [1.165, 1.54) is 0 Å². The highest BCUT2D eigenvalue weighted by Gasteiger charge is 2.19. The third-order valence-corrected chi connectivity index (χ3v) is 5.59. The molecule has 0 radical (unpaired) electrons. The van der Waals surface area contributed by atoms with Crippen molar-refractivity contribution in [2.45, 2.75) is 25.9 Å². The average molecular weight is 460 g/mol. The van der Waals surface area contributed by atoms with Crippen LogP contribution in [0.3, 0.4) is 0 Å². The predicted octanol–water partition coefficient (Wildman–Crippen LogP) is 5.01. The van der Waals surface area contributed by atoms with Crippen LogP contribution in [-0.4, -0.2) is 36.3 Å². The molecule has 0 saturated carbocycles. The highest BCUT2D eigenvalue weighted by Crippen LogP contribution is 2.23. The first-order valence-corrected chi connectivity index (χ1v) is 11.3. The molecular formula is C27H29N3O4. The van der Waals surface area contributed by atoms with E-state index >= 15 is 0 Å². The van der Waals surface area contributed by atoms with Crippen LogP contribution in [0.1, 0.15) is 35.6 Å². The van der Waals surface area contributed by atoms with Crippen molar-refractivity contribution in [3.8, 4) is 17.2 Å². The van der Waals surface area contributed by atoms with Crippen LogP contribution in [0.4, 0.5) is 0 Å². The van der Waals surface area contributed by atoms with Crippen molar-refractivity contribution in [1.82, 2.24) is 14.9 Å². The Morgan fingerprint density at radius 2 is 1.65 bits per heavy atom. The minimum absolute atomic E-state index is 0.175. The van der Waals surface area contributed by atoms with E-state index < -0.39 is 0 Å². The summed E-state index contributed by atoms with van der Waals surface area (Å²) < 4.78 is 18.6. The van der Waals surface area contributed by atoms with Crippen molar-refractivity contribution in [3.05, 3.63) is 84.2 Å². The number of amides is 1. The molecule has 1 aromatic heterocycles. The molecule has 7 nitrogen and oxygen atoms in total. The third-order valence-electron chi connectivity index (χ3n) is 5.59. The van der Waals surface area contributed by atoms with E-state index in [9.17, 15) is 4.79 Å². The summed E-state index contributed by atoms with van der Waals surface area (Å²) in [5.74, 6) is 2.81. The van der Waals surface area contributed by atoms with E-state index in [2.05, 4.69) is 9.88 Å². The Kier molecular flexibility index (Phi) is 7.32. The van der Waals surface area contributed by atoms with E-state index in [-0.39, 0.29) is 11.9 Å². The predicted molar refractivity (Wildman–Crippen MR) is 132 cm³/mol. The SMILES string of the molecule is COc1cccc(OCCCn2c(C(C)NC(=O)c3cccc(OC)c3)nc3ccccc32)c1. The summed E-state index contributed by atoms with van der Waals surface area (Å²) in [6, 6.07) is 22.4. The lowest BCUT2D eigenvalue weighted by molar-refractivity contribution is 0.0937. The molecule has 4 rings (SSSR count). The number of nitrogens with zero attached hydrogens (tertiary/aromatic N) is 2. The molecule has 0 fully saturated rings. The molecular weight excluding hydrogens is 430 g/mol. The van der Waals surface area contributed by atoms with Crippen LogP contribution in [0.15, 0.2) is 72.8 Å². The first-order chi connectivity index (χ1) is 16.6. The number of nitrogens with one attached hydrogen (secondary N) is 1. The van der Waals surface area contributed by atoms with Gasteiger partial charge in [0.15, 0.2) is 0 Å². The lowest BCUT2D eigenvalue weighted by atomic mass is 10.2. The van der Waals surface area contributed by atoms with Crippen LogP contribution in [0.5, 0.6) is 17.2 Å². The van der Waals surface area contributed by atoms with Crippen LogP contribution in [-0.2, 0) is 6.54 Å². The maximum atomic E-state index is 12.9. The molecule has 7 heteroatoms. The maximum absolute atomic E-state index is 12.9. The number of fused-ring (bicyclic) bond motifs is 1. The molecule has 0 spiro atoms. The number of imidazole rings is 1. The number of hydrogen-bond donors (Lipinski definition) is 1. The lowest BCUT2D eigenvalue weighted by Gasteiger charge is -2.17. The quantitative estimate of drug-likeness (QED) is 0.337. The third kappa shape index (κ3) is 5.31. The fourth-order valence-corrected chi connectivity index (χ4v) is 3.87. The second-order valence-corrected chi connectivity index (χ2v) is 7.92. The number of carbonyl (C=O) groups excluding carboxylic acids is 1. The molecule has 0 aliphatic rings. The number of methoxy groups -OCH3 is 2. The van der Waals surface area contributed by atoms with Gasteiger partial charge in [-0.3, -0.25) is 4.79 Å². The normalized spacial score (nSPS) is 11.7. The van der Waals surface area contributed by atoms with Gasteiger partial charge in [-0.05, 0) is 55.8 Å². The number of hydrogen-bond acceptors (Lipinski definition) is 5. The van der Waals surface area contributed by atoms with Crippen LogP contribution in [0.2, 0.25) is 0 Å². The minimum Gasteiger partial charge on any atom is -0.497 e. The van der Waals surface area contributed by atoms with E-state index in [4.69, 9.17) is 19.2 Å². The van der Waals surface area contributed by atoms with Crippen LogP contribution >= 0.6 is 0 Å².